The number of aliphatic carboxylic acids is 1. The van der Waals surface area contributed by atoms with Gasteiger partial charge in [0.1, 0.15) is 18.2 Å². The normalized spacial score (nSPS) is 16.2. The summed E-state index contributed by atoms with van der Waals surface area (Å²) in [6.07, 6.45) is 7.72. The number of carboxylic acids is 1. The lowest BCUT2D eigenvalue weighted by Crippen LogP contribution is -2.50. The molecule has 0 bridgehead atoms. The van der Waals surface area contributed by atoms with Gasteiger partial charge in [0.25, 0.3) is 0 Å². The fourth-order valence-corrected chi connectivity index (χ4v) is 4.76. The standard InChI is InChI=1S/C24H31Cl2N3O4/c1-15(2)7-22(24(32)33-20-5-3-4-6-20)28-21(23(30)31)11-19-12-27-14-29(19)13-16-8-17(25)10-18(26)9-16/h8-10,12,14-15,20-22,28H,3-7,11,13H2,1-2H3,(H,30,31). The summed E-state index contributed by atoms with van der Waals surface area (Å²) in [6, 6.07) is 3.62. The molecule has 0 amide bonds. The van der Waals surface area contributed by atoms with Gasteiger partial charge in [-0.3, -0.25) is 14.9 Å². The van der Waals surface area contributed by atoms with Crippen molar-refractivity contribution in [3.8, 4) is 0 Å². The summed E-state index contributed by atoms with van der Waals surface area (Å²) in [5.41, 5.74) is 1.60. The van der Waals surface area contributed by atoms with Crippen LogP contribution in [0.25, 0.3) is 0 Å². The van der Waals surface area contributed by atoms with E-state index < -0.39 is 18.1 Å². The van der Waals surface area contributed by atoms with E-state index in [2.05, 4.69) is 10.3 Å². The van der Waals surface area contributed by atoms with Gasteiger partial charge in [-0.15, -0.1) is 0 Å². The minimum atomic E-state index is -1.03. The lowest BCUT2D eigenvalue weighted by atomic mass is 10.0. The van der Waals surface area contributed by atoms with Gasteiger partial charge in [0.05, 0.1) is 6.33 Å². The van der Waals surface area contributed by atoms with Crippen LogP contribution in [0.1, 0.15) is 57.2 Å². The van der Waals surface area contributed by atoms with E-state index >= 15 is 0 Å². The zero-order valence-corrected chi connectivity index (χ0v) is 20.5. The third-order valence-electron chi connectivity index (χ3n) is 5.76. The minimum Gasteiger partial charge on any atom is -0.480 e. The molecule has 3 rings (SSSR count). The monoisotopic (exact) mass is 495 g/mol. The van der Waals surface area contributed by atoms with Crippen molar-refractivity contribution in [3.05, 3.63) is 52.0 Å². The SMILES string of the molecule is CC(C)CC(NC(Cc1cncn1Cc1cc(Cl)cc(Cl)c1)C(=O)O)C(=O)OC1CCCC1. The number of halogens is 2. The number of imidazole rings is 1. The molecule has 0 saturated heterocycles. The highest BCUT2D eigenvalue weighted by molar-refractivity contribution is 6.34. The van der Waals surface area contributed by atoms with E-state index in [1.54, 1.807) is 18.6 Å². The number of benzene rings is 1. The number of hydrogen-bond donors (Lipinski definition) is 2. The number of carbonyl (C=O) groups excluding carboxylic acids is 1. The molecule has 1 aliphatic carbocycles. The molecule has 9 heteroatoms. The number of aromatic nitrogens is 2. The Morgan fingerprint density at radius 3 is 2.45 bits per heavy atom. The molecular formula is C24H31Cl2N3O4. The minimum absolute atomic E-state index is 0.0665. The fraction of sp³-hybridized carbons (Fsp3) is 0.542. The average Bonchev–Trinajstić information content (AvgIpc) is 3.37. The molecule has 1 aliphatic rings. The lowest BCUT2D eigenvalue weighted by molar-refractivity contribution is -0.152. The van der Waals surface area contributed by atoms with Crippen LogP contribution in [0.4, 0.5) is 0 Å². The van der Waals surface area contributed by atoms with Crippen LogP contribution < -0.4 is 5.32 Å². The molecular weight excluding hydrogens is 465 g/mol. The second-order valence-corrected chi connectivity index (χ2v) is 9.95. The van der Waals surface area contributed by atoms with Crippen LogP contribution in [0.15, 0.2) is 30.7 Å². The van der Waals surface area contributed by atoms with Crippen LogP contribution >= 0.6 is 23.2 Å². The number of carboxylic acid groups (broad SMARTS) is 1. The molecule has 1 heterocycles. The Kier molecular flexibility index (Phi) is 9.18. The van der Waals surface area contributed by atoms with Crippen LogP contribution in [-0.4, -0.2) is 44.8 Å². The van der Waals surface area contributed by atoms with Crippen LogP contribution in [0.5, 0.6) is 0 Å². The van der Waals surface area contributed by atoms with Gasteiger partial charge < -0.3 is 14.4 Å². The molecule has 1 saturated carbocycles. The zero-order chi connectivity index (χ0) is 24.0. The summed E-state index contributed by atoms with van der Waals surface area (Å²) < 4.78 is 7.53. The molecule has 0 aliphatic heterocycles. The first-order chi connectivity index (χ1) is 15.7. The van der Waals surface area contributed by atoms with Gasteiger partial charge in [0.2, 0.25) is 0 Å². The summed E-state index contributed by atoms with van der Waals surface area (Å²) in [6.45, 7) is 4.44. The molecule has 2 aromatic rings. The van der Waals surface area contributed by atoms with Crippen molar-refractivity contribution in [2.24, 2.45) is 5.92 Å². The topological polar surface area (TPSA) is 93.5 Å². The van der Waals surface area contributed by atoms with Crippen molar-refractivity contribution in [3.63, 3.8) is 0 Å². The molecule has 7 nitrogen and oxygen atoms in total. The molecule has 2 N–H and O–H groups in total. The summed E-state index contributed by atoms with van der Waals surface area (Å²) in [5, 5.41) is 14.0. The van der Waals surface area contributed by atoms with Gasteiger partial charge in [-0.05, 0) is 61.8 Å². The van der Waals surface area contributed by atoms with Crippen molar-refractivity contribution >= 4 is 35.1 Å². The second-order valence-electron chi connectivity index (χ2n) is 9.08. The van der Waals surface area contributed by atoms with E-state index in [1.807, 2.05) is 30.5 Å². The summed E-state index contributed by atoms with van der Waals surface area (Å²) in [4.78, 5) is 29.1. The van der Waals surface area contributed by atoms with E-state index in [0.717, 1.165) is 36.9 Å². The van der Waals surface area contributed by atoms with Gasteiger partial charge in [0.15, 0.2) is 0 Å². The number of carbonyl (C=O) groups is 2. The Balaban J connectivity index is 1.72. The lowest BCUT2D eigenvalue weighted by Gasteiger charge is -2.25. The van der Waals surface area contributed by atoms with Gasteiger partial charge in [-0.1, -0.05) is 37.0 Å². The Labute approximate surface area is 204 Å². The first-order valence-electron chi connectivity index (χ1n) is 11.3. The summed E-state index contributed by atoms with van der Waals surface area (Å²) in [7, 11) is 0. The molecule has 1 aromatic carbocycles. The van der Waals surface area contributed by atoms with Gasteiger partial charge in [-0.25, -0.2) is 4.98 Å². The van der Waals surface area contributed by atoms with E-state index in [1.165, 1.54) is 0 Å². The quantitative estimate of drug-likeness (QED) is 0.437. The van der Waals surface area contributed by atoms with Crippen LogP contribution in [0, 0.1) is 5.92 Å². The Morgan fingerprint density at radius 2 is 1.85 bits per heavy atom. The van der Waals surface area contributed by atoms with Gasteiger partial charge in [0, 0.05) is 34.9 Å². The van der Waals surface area contributed by atoms with Gasteiger partial charge >= 0.3 is 11.9 Å². The van der Waals surface area contributed by atoms with Crippen molar-refractivity contribution in [1.82, 2.24) is 14.9 Å². The smallest absolute Gasteiger partial charge is 0.323 e. The molecule has 2 atom stereocenters. The molecule has 0 radical (unpaired) electrons. The maximum Gasteiger partial charge on any atom is 0.323 e. The van der Waals surface area contributed by atoms with Crippen LogP contribution in [0.3, 0.4) is 0 Å². The summed E-state index contributed by atoms with van der Waals surface area (Å²) in [5.74, 6) is -1.20. The van der Waals surface area contributed by atoms with E-state index in [9.17, 15) is 14.7 Å². The first kappa shape index (κ1) is 25.5. The molecule has 1 fully saturated rings. The highest BCUT2D eigenvalue weighted by Crippen LogP contribution is 2.23. The van der Waals surface area contributed by atoms with Gasteiger partial charge in [-0.2, -0.15) is 0 Å². The molecule has 180 valence electrons. The predicted octanol–water partition coefficient (Wildman–Crippen LogP) is 4.72. The number of nitrogens with zero attached hydrogens (tertiary/aromatic N) is 2. The van der Waals surface area contributed by atoms with Crippen molar-refractivity contribution in [2.75, 3.05) is 0 Å². The Hall–Kier alpha value is -2.09. The summed E-state index contributed by atoms with van der Waals surface area (Å²) >= 11 is 12.2. The number of hydrogen-bond acceptors (Lipinski definition) is 5. The largest absolute Gasteiger partial charge is 0.480 e. The number of nitrogens with one attached hydrogen (secondary N) is 1. The third kappa shape index (κ3) is 7.73. The first-order valence-corrected chi connectivity index (χ1v) is 12.1. The average molecular weight is 496 g/mol. The zero-order valence-electron chi connectivity index (χ0n) is 19.0. The van der Waals surface area contributed by atoms with Crippen molar-refractivity contribution in [2.45, 2.75) is 77.1 Å². The maximum absolute atomic E-state index is 12.8. The highest BCUT2D eigenvalue weighted by atomic mass is 35.5. The number of esters is 1. The van der Waals surface area contributed by atoms with Crippen molar-refractivity contribution in [1.29, 1.82) is 0 Å². The number of ether oxygens (including phenoxy) is 1. The maximum atomic E-state index is 12.8. The predicted molar refractivity (Wildman–Crippen MR) is 128 cm³/mol. The fourth-order valence-electron chi connectivity index (χ4n) is 4.19. The number of rotatable bonds is 11. The van der Waals surface area contributed by atoms with Crippen molar-refractivity contribution < 1.29 is 19.4 Å². The second kappa shape index (κ2) is 11.9. The highest BCUT2D eigenvalue weighted by Gasteiger charge is 2.31. The van der Waals surface area contributed by atoms with Crippen LogP contribution in [0.2, 0.25) is 10.0 Å². The third-order valence-corrected chi connectivity index (χ3v) is 6.20. The molecule has 33 heavy (non-hydrogen) atoms. The molecule has 1 aromatic heterocycles. The molecule has 2 unspecified atom stereocenters. The van der Waals surface area contributed by atoms with Crippen LogP contribution in [-0.2, 0) is 27.3 Å². The Bertz CT molecular complexity index is 937. The van der Waals surface area contributed by atoms with E-state index in [-0.39, 0.29) is 24.4 Å². The van der Waals surface area contributed by atoms with E-state index in [4.69, 9.17) is 27.9 Å². The van der Waals surface area contributed by atoms with E-state index in [0.29, 0.717) is 23.0 Å². The Morgan fingerprint density at radius 1 is 1.18 bits per heavy atom. The molecule has 0 spiro atoms.